The van der Waals surface area contributed by atoms with Crippen LogP contribution in [0.1, 0.15) is 41.0 Å². The highest BCUT2D eigenvalue weighted by Crippen LogP contribution is 2.10. The predicted molar refractivity (Wildman–Crippen MR) is 66.8 cm³/mol. The molecule has 0 heterocycles. The summed E-state index contributed by atoms with van der Waals surface area (Å²) in [6, 6.07) is -0.828. The molecule has 17 heavy (non-hydrogen) atoms. The molecule has 0 saturated heterocycles. The van der Waals surface area contributed by atoms with Crippen LogP contribution in [0.2, 0.25) is 0 Å². The van der Waals surface area contributed by atoms with Crippen LogP contribution in [0.15, 0.2) is 0 Å². The highest BCUT2D eigenvalue weighted by molar-refractivity contribution is 5.89. The summed E-state index contributed by atoms with van der Waals surface area (Å²) in [5.74, 6) is -1.36. The molecular formula is C12H24N2O3. The van der Waals surface area contributed by atoms with Gasteiger partial charge in [-0.15, -0.1) is 0 Å². The summed E-state index contributed by atoms with van der Waals surface area (Å²) in [5, 5.41) is 14.7. The van der Waals surface area contributed by atoms with Crippen LogP contribution in [-0.2, 0) is 9.59 Å². The number of rotatable bonds is 7. The van der Waals surface area contributed by atoms with Crippen molar-refractivity contribution in [1.82, 2.24) is 10.6 Å². The van der Waals surface area contributed by atoms with Gasteiger partial charge in [0.1, 0.15) is 6.04 Å². The lowest BCUT2D eigenvalue weighted by Gasteiger charge is -2.28. The lowest BCUT2D eigenvalue weighted by molar-refractivity contribution is -0.144. The first-order valence-corrected chi connectivity index (χ1v) is 6.05. The Labute approximate surface area is 103 Å². The molecule has 0 aromatic heterocycles. The molecule has 0 spiro atoms. The number of carbonyl (C=O) groups is 2. The molecule has 0 aliphatic rings. The molecule has 0 saturated carbocycles. The van der Waals surface area contributed by atoms with Crippen molar-refractivity contribution in [2.24, 2.45) is 5.92 Å². The molecule has 0 aromatic rings. The van der Waals surface area contributed by atoms with Gasteiger partial charge < -0.3 is 15.7 Å². The van der Waals surface area contributed by atoms with Gasteiger partial charge in [0.2, 0.25) is 5.91 Å². The number of carboxylic acids is 1. The highest BCUT2D eigenvalue weighted by Gasteiger charge is 2.32. The Balaban J connectivity index is 4.67. The third kappa shape index (κ3) is 4.73. The Morgan fingerprint density at radius 2 is 1.82 bits per heavy atom. The van der Waals surface area contributed by atoms with Crippen molar-refractivity contribution in [2.45, 2.75) is 52.6 Å². The van der Waals surface area contributed by atoms with Gasteiger partial charge in [0.05, 0.1) is 5.54 Å². The van der Waals surface area contributed by atoms with Gasteiger partial charge in [-0.2, -0.15) is 0 Å². The maximum Gasteiger partial charge on any atom is 0.326 e. The molecular weight excluding hydrogens is 220 g/mol. The van der Waals surface area contributed by atoms with Crippen molar-refractivity contribution in [3.8, 4) is 0 Å². The van der Waals surface area contributed by atoms with E-state index in [0.29, 0.717) is 13.0 Å². The molecule has 0 aliphatic heterocycles. The van der Waals surface area contributed by atoms with Crippen molar-refractivity contribution < 1.29 is 14.7 Å². The monoisotopic (exact) mass is 244 g/mol. The van der Waals surface area contributed by atoms with Crippen LogP contribution in [-0.4, -0.2) is 35.1 Å². The smallest absolute Gasteiger partial charge is 0.326 e. The summed E-state index contributed by atoms with van der Waals surface area (Å²) in [7, 11) is 0. The van der Waals surface area contributed by atoms with Crippen molar-refractivity contribution in [1.29, 1.82) is 0 Å². The SMILES string of the molecule is CCNC(C)(C)C(=O)N[C@H](C(=O)O)C(C)CC. The molecule has 1 amide bonds. The van der Waals surface area contributed by atoms with Gasteiger partial charge in [-0.1, -0.05) is 27.2 Å². The van der Waals surface area contributed by atoms with Crippen molar-refractivity contribution in [2.75, 3.05) is 6.54 Å². The van der Waals surface area contributed by atoms with E-state index in [-0.39, 0.29) is 11.8 Å². The van der Waals surface area contributed by atoms with E-state index in [1.165, 1.54) is 0 Å². The quantitative estimate of drug-likeness (QED) is 0.624. The number of amides is 1. The van der Waals surface area contributed by atoms with Gasteiger partial charge in [-0.25, -0.2) is 4.79 Å². The van der Waals surface area contributed by atoms with E-state index >= 15 is 0 Å². The van der Waals surface area contributed by atoms with E-state index in [9.17, 15) is 9.59 Å². The van der Waals surface area contributed by atoms with Crippen molar-refractivity contribution >= 4 is 11.9 Å². The number of aliphatic carboxylic acids is 1. The Morgan fingerprint density at radius 1 is 1.29 bits per heavy atom. The first kappa shape index (κ1) is 15.9. The van der Waals surface area contributed by atoms with Crippen LogP contribution in [0.5, 0.6) is 0 Å². The lowest BCUT2D eigenvalue weighted by Crippen LogP contribution is -2.57. The summed E-state index contributed by atoms with van der Waals surface area (Å²) in [6.07, 6.45) is 0.707. The van der Waals surface area contributed by atoms with Crippen LogP contribution in [0.25, 0.3) is 0 Å². The zero-order valence-electron chi connectivity index (χ0n) is 11.3. The second-order valence-electron chi connectivity index (χ2n) is 4.83. The molecule has 100 valence electrons. The van der Waals surface area contributed by atoms with E-state index in [4.69, 9.17) is 5.11 Å². The maximum absolute atomic E-state index is 12.0. The van der Waals surface area contributed by atoms with Gasteiger partial charge >= 0.3 is 5.97 Å². The van der Waals surface area contributed by atoms with Crippen molar-refractivity contribution in [3.05, 3.63) is 0 Å². The maximum atomic E-state index is 12.0. The fourth-order valence-corrected chi connectivity index (χ4v) is 1.53. The van der Waals surface area contributed by atoms with E-state index in [1.54, 1.807) is 13.8 Å². The first-order chi connectivity index (χ1) is 7.76. The van der Waals surface area contributed by atoms with E-state index in [0.717, 1.165) is 0 Å². The van der Waals surface area contributed by atoms with Gasteiger partial charge in [-0.05, 0) is 26.3 Å². The standard InChI is InChI=1S/C12H24N2O3/c1-6-8(3)9(10(15)16)14-11(17)12(4,5)13-7-2/h8-9,13H,6-7H2,1-5H3,(H,14,17)(H,15,16)/t8?,9-/m0/s1. The number of likely N-dealkylation sites (N-methyl/N-ethyl adjacent to an activating group) is 1. The fourth-order valence-electron chi connectivity index (χ4n) is 1.53. The number of carboxylic acid groups (broad SMARTS) is 1. The summed E-state index contributed by atoms with van der Waals surface area (Å²) in [4.78, 5) is 23.0. The molecule has 0 rings (SSSR count). The van der Waals surface area contributed by atoms with Gasteiger partial charge in [-0.3, -0.25) is 4.79 Å². The average molecular weight is 244 g/mol. The minimum Gasteiger partial charge on any atom is -0.480 e. The molecule has 0 aromatic carbocycles. The number of hydrogen-bond acceptors (Lipinski definition) is 3. The molecule has 0 aliphatic carbocycles. The van der Waals surface area contributed by atoms with Crippen LogP contribution >= 0.6 is 0 Å². The molecule has 2 atom stereocenters. The van der Waals surface area contributed by atoms with Gasteiger partial charge in [0, 0.05) is 0 Å². The van der Waals surface area contributed by atoms with Gasteiger partial charge in [0.15, 0.2) is 0 Å². The zero-order valence-corrected chi connectivity index (χ0v) is 11.3. The summed E-state index contributed by atoms with van der Waals surface area (Å²) in [5.41, 5.74) is -0.754. The summed E-state index contributed by atoms with van der Waals surface area (Å²) < 4.78 is 0. The summed E-state index contributed by atoms with van der Waals surface area (Å²) in [6.45, 7) is 9.75. The van der Waals surface area contributed by atoms with Crippen LogP contribution in [0.3, 0.4) is 0 Å². The van der Waals surface area contributed by atoms with E-state index in [2.05, 4.69) is 10.6 Å². The van der Waals surface area contributed by atoms with Crippen LogP contribution in [0, 0.1) is 5.92 Å². The number of hydrogen-bond donors (Lipinski definition) is 3. The molecule has 3 N–H and O–H groups in total. The van der Waals surface area contributed by atoms with E-state index in [1.807, 2.05) is 20.8 Å². The van der Waals surface area contributed by atoms with E-state index < -0.39 is 17.6 Å². The minimum absolute atomic E-state index is 0.0890. The van der Waals surface area contributed by atoms with Crippen molar-refractivity contribution in [3.63, 3.8) is 0 Å². The Hall–Kier alpha value is -1.10. The average Bonchev–Trinajstić information content (AvgIpc) is 2.23. The molecule has 0 bridgehead atoms. The van der Waals surface area contributed by atoms with Crippen LogP contribution < -0.4 is 10.6 Å². The normalized spacial score (nSPS) is 15.1. The topological polar surface area (TPSA) is 78.4 Å². The molecule has 5 nitrogen and oxygen atoms in total. The Morgan fingerprint density at radius 3 is 2.18 bits per heavy atom. The third-order valence-corrected chi connectivity index (χ3v) is 2.95. The molecule has 5 heteroatoms. The lowest BCUT2D eigenvalue weighted by atomic mass is 9.97. The first-order valence-electron chi connectivity index (χ1n) is 6.05. The fraction of sp³-hybridized carbons (Fsp3) is 0.833. The number of carbonyl (C=O) groups excluding carboxylic acids is 1. The van der Waals surface area contributed by atoms with Crippen LogP contribution in [0.4, 0.5) is 0 Å². The largest absolute Gasteiger partial charge is 0.480 e. The second-order valence-corrected chi connectivity index (χ2v) is 4.83. The second kappa shape index (κ2) is 6.59. The third-order valence-electron chi connectivity index (χ3n) is 2.95. The zero-order chi connectivity index (χ0) is 13.6. The molecule has 0 radical (unpaired) electrons. The predicted octanol–water partition coefficient (Wildman–Crippen LogP) is 0.990. The van der Waals surface area contributed by atoms with Gasteiger partial charge in [0.25, 0.3) is 0 Å². The Kier molecular flexibility index (Phi) is 6.16. The summed E-state index contributed by atoms with van der Waals surface area (Å²) >= 11 is 0. The highest BCUT2D eigenvalue weighted by atomic mass is 16.4. The number of nitrogens with one attached hydrogen (secondary N) is 2. The molecule has 0 fully saturated rings. The minimum atomic E-state index is -0.986. The Bertz CT molecular complexity index is 277. The molecule has 1 unspecified atom stereocenters.